The third kappa shape index (κ3) is 3.59. The lowest BCUT2D eigenvalue weighted by atomic mass is 10.3. The highest BCUT2D eigenvalue weighted by Gasteiger charge is 2.13. The Kier molecular flexibility index (Phi) is 5.05. The predicted molar refractivity (Wildman–Crippen MR) is 88.4 cm³/mol. The standard InChI is InChI=1S/C12H8Br3NO2S/c1-18-6-2-3-7(13)9(4-6)16-12(17)10-5-8(14)11(15)19-10/h2-5H,1H3,(H,16,17). The van der Waals surface area contributed by atoms with Crippen LogP contribution in [0.2, 0.25) is 0 Å². The highest BCUT2D eigenvalue weighted by atomic mass is 79.9. The summed E-state index contributed by atoms with van der Waals surface area (Å²) in [5, 5.41) is 2.84. The molecule has 0 unspecified atom stereocenters. The molecule has 0 saturated carbocycles. The van der Waals surface area contributed by atoms with Crippen molar-refractivity contribution >= 4 is 70.7 Å². The molecular weight excluding hydrogens is 462 g/mol. The maximum Gasteiger partial charge on any atom is 0.265 e. The first-order valence-corrected chi connectivity index (χ1v) is 8.30. The van der Waals surface area contributed by atoms with Crippen molar-refractivity contribution in [3.05, 3.63) is 41.9 Å². The topological polar surface area (TPSA) is 38.3 Å². The summed E-state index contributed by atoms with van der Waals surface area (Å²) in [6.07, 6.45) is 0. The zero-order valence-corrected chi connectivity index (χ0v) is 15.2. The molecule has 0 bridgehead atoms. The van der Waals surface area contributed by atoms with E-state index in [1.54, 1.807) is 19.2 Å². The van der Waals surface area contributed by atoms with Gasteiger partial charge in [0.05, 0.1) is 21.5 Å². The first-order chi connectivity index (χ1) is 9.01. The number of nitrogens with one attached hydrogen (secondary N) is 1. The second-order valence-electron chi connectivity index (χ2n) is 3.53. The van der Waals surface area contributed by atoms with E-state index >= 15 is 0 Å². The quantitative estimate of drug-likeness (QED) is 0.662. The molecule has 1 N–H and O–H groups in total. The summed E-state index contributed by atoms with van der Waals surface area (Å²) < 4.78 is 7.70. The van der Waals surface area contributed by atoms with Gasteiger partial charge in [0.25, 0.3) is 5.91 Å². The lowest BCUT2D eigenvalue weighted by Crippen LogP contribution is -2.10. The van der Waals surface area contributed by atoms with Crippen molar-refractivity contribution in [2.24, 2.45) is 0 Å². The number of carbonyl (C=O) groups is 1. The number of anilines is 1. The maximum atomic E-state index is 12.1. The van der Waals surface area contributed by atoms with Gasteiger partial charge in [0, 0.05) is 15.0 Å². The van der Waals surface area contributed by atoms with E-state index in [9.17, 15) is 4.79 Å². The molecule has 2 rings (SSSR count). The van der Waals surface area contributed by atoms with Gasteiger partial charge in [-0.05, 0) is 66.0 Å². The average molecular weight is 470 g/mol. The zero-order valence-electron chi connectivity index (χ0n) is 9.67. The number of halogens is 3. The van der Waals surface area contributed by atoms with Gasteiger partial charge < -0.3 is 10.1 Å². The number of amides is 1. The molecule has 0 atom stereocenters. The Labute approximate surface area is 139 Å². The van der Waals surface area contributed by atoms with Crippen molar-refractivity contribution in [3.8, 4) is 5.75 Å². The van der Waals surface area contributed by atoms with Crippen LogP contribution in [0.15, 0.2) is 37.0 Å². The molecule has 100 valence electrons. The molecule has 0 aliphatic carbocycles. The Morgan fingerprint density at radius 3 is 2.53 bits per heavy atom. The Morgan fingerprint density at radius 1 is 1.21 bits per heavy atom. The summed E-state index contributed by atoms with van der Waals surface area (Å²) in [6.45, 7) is 0. The minimum Gasteiger partial charge on any atom is -0.497 e. The van der Waals surface area contributed by atoms with E-state index in [-0.39, 0.29) is 5.91 Å². The molecule has 2 aromatic rings. The Hall–Kier alpha value is -0.370. The predicted octanol–water partition coefficient (Wildman–Crippen LogP) is 5.30. The van der Waals surface area contributed by atoms with Gasteiger partial charge in [-0.2, -0.15) is 0 Å². The summed E-state index contributed by atoms with van der Waals surface area (Å²) in [6, 6.07) is 7.19. The van der Waals surface area contributed by atoms with Crippen molar-refractivity contribution in [2.75, 3.05) is 12.4 Å². The molecule has 1 amide bonds. The van der Waals surface area contributed by atoms with Crippen molar-refractivity contribution in [1.82, 2.24) is 0 Å². The summed E-state index contributed by atoms with van der Waals surface area (Å²) >= 11 is 11.5. The molecule has 0 saturated heterocycles. The number of hydrogen-bond donors (Lipinski definition) is 1. The van der Waals surface area contributed by atoms with E-state index in [0.29, 0.717) is 16.3 Å². The van der Waals surface area contributed by atoms with Crippen molar-refractivity contribution in [3.63, 3.8) is 0 Å². The molecule has 1 heterocycles. The Morgan fingerprint density at radius 2 is 1.95 bits per heavy atom. The third-order valence-electron chi connectivity index (χ3n) is 2.29. The van der Waals surface area contributed by atoms with Crippen LogP contribution >= 0.6 is 59.1 Å². The van der Waals surface area contributed by atoms with Gasteiger partial charge in [0.1, 0.15) is 5.75 Å². The van der Waals surface area contributed by atoms with Crippen LogP contribution < -0.4 is 10.1 Å². The number of ether oxygens (including phenoxy) is 1. The van der Waals surface area contributed by atoms with Gasteiger partial charge in [0.2, 0.25) is 0 Å². The SMILES string of the molecule is COc1ccc(Br)c(NC(=O)c2cc(Br)c(Br)s2)c1. The van der Waals surface area contributed by atoms with E-state index in [0.717, 1.165) is 12.7 Å². The van der Waals surface area contributed by atoms with E-state index < -0.39 is 0 Å². The largest absolute Gasteiger partial charge is 0.497 e. The number of benzene rings is 1. The maximum absolute atomic E-state index is 12.1. The second kappa shape index (κ2) is 6.39. The van der Waals surface area contributed by atoms with Gasteiger partial charge in [-0.1, -0.05) is 0 Å². The average Bonchev–Trinajstić information content (AvgIpc) is 2.72. The van der Waals surface area contributed by atoms with E-state index in [4.69, 9.17) is 4.74 Å². The highest BCUT2D eigenvalue weighted by molar-refractivity contribution is 9.13. The molecule has 1 aromatic carbocycles. The minimum atomic E-state index is -0.162. The molecule has 0 aliphatic heterocycles. The van der Waals surface area contributed by atoms with Gasteiger partial charge in [0.15, 0.2) is 0 Å². The number of hydrogen-bond acceptors (Lipinski definition) is 3. The fraction of sp³-hybridized carbons (Fsp3) is 0.0833. The van der Waals surface area contributed by atoms with Crippen molar-refractivity contribution < 1.29 is 9.53 Å². The van der Waals surface area contributed by atoms with Gasteiger partial charge >= 0.3 is 0 Å². The lowest BCUT2D eigenvalue weighted by Gasteiger charge is -2.08. The fourth-order valence-electron chi connectivity index (χ4n) is 1.37. The molecule has 7 heteroatoms. The van der Waals surface area contributed by atoms with Crippen molar-refractivity contribution in [1.29, 1.82) is 0 Å². The summed E-state index contributed by atoms with van der Waals surface area (Å²) in [5.74, 6) is 0.525. The molecule has 0 spiro atoms. The van der Waals surface area contributed by atoms with Crippen LogP contribution in [0.1, 0.15) is 9.67 Å². The molecule has 3 nitrogen and oxygen atoms in total. The molecule has 0 radical (unpaired) electrons. The summed E-state index contributed by atoms with van der Waals surface area (Å²) in [7, 11) is 1.59. The van der Waals surface area contributed by atoms with Gasteiger partial charge in [-0.25, -0.2) is 0 Å². The smallest absolute Gasteiger partial charge is 0.265 e. The van der Waals surface area contributed by atoms with Crippen LogP contribution in [-0.2, 0) is 0 Å². The van der Waals surface area contributed by atoms with E-state index in [1.807, 2.05) is 12.1 Å². The lowest BCUT2D eigenvalue weighted by molar-refractivity contribution is 0.103. The number of rotatable bonds is 3. The van der Waals surface area contributed by atoms with E-state index in [1.165, 1.54) is 11.3 Å². The highest BCUT2D eigenvalue weighted by Crippen LogP contribution is 2.33. The monoisotopic (exact) mass is 467 g/mol. The summed E-state index contributed by atoms with van der Waals surface area (Å²) in [4.78, 5) is 12.7. The molecule has 1 aromatic heterocycles. The Bertz CT molecular complexity index is 608. The van der Waals surface area contributed by atoms with Crippen molar-refractivity contribution in [2.45, 2.75) is 0 Å². The first kappa shape index (κ1) is 15.0. The summed E-state index contributed by atoms with van der Waals surface area (Å²) in [5.41, 5.74) is 0.671. The van der Waals surface area contributed by atoms with Gasteiger partial charge in [-0.15, -0.1) is 11.3 Å². The van der Waals surface area contributed by atoms with Crippen LogP contribution in [0.3, 0.4) is 0 Å². The van der Waals surface area contributed by atoms with E-state index in [2.05, 4.69) is 53.1 Å². The number of carbonyl (C=O) groups excluding carboxylic acids is 1. The first-order valence-electron chi connectivity index (χ1n) is 5.11. The van der Waals surface area contributed by atoms with Crippen LogP contribution in [0.5, 0.6) is 5.75 Å². The second-order valence-corrected chi connectivity index (χ2v) is 7.61. The molecule has 0 aliphatic rings. The van der Waals surface area contributed by atoms with Gasteiger partial charge in [-0.3, -0.25) is 4.79 Å². The van der Waals surface area contributed by atoms with Crippen LogP contribution in [-0.4, -0.2) is 13.0 Å². The molecule has 19 heavy (non-hydrogen) atoms. The molecule has 0 fully saturated rings. The third-order valence-corrected chi connectivity index (χ3v) is 6.24. The zero-order chi connectivity index (χ0) is 14.0. The molecular formula is C12H8Br3NO2S. The van der Waals surface area contributed by atoms with Crippen LogP contribution in [0.4, 0.5) is 5.69 Å². The van der Waals surface area contributed by atoms with Crippen LogP contribution in [0, 0.1) is 0 Å². The normalized spacial score (nSPS) is 10.3. The van der Waals surface area contributed by atoms with Crippen LogP contribution in [0.25, 0.3) is 0 Å². The minimum absolute atomic E-state index is 0.162. The Balaban J connectivity index is 2.23. The number of thiophene rings is 1. The number of methoxy groups -OCH3 is 1. The fourth-order valence-corrected chi connectivity index (χ4v) is 3.65.